The number of carbonyl (C=O) groups is 1. The van der Waals surface area contributed by atoms with Crippen LogP contribution in [0.1, 0.15) is 32.3 Å². The second-order valence-electron chi connectivity index (χ2n) is 7.86. The zero-order valence-electron chi connectivity index (χ0n) is 14.3. The normalized spacial score (nSPS) is 28.2. The molecular formula is C19H27NO3. The van der Waals surface area contributed by atoms with E-state index in [0.717, 1.165) is 30.7 Å². The van der Waals surface area contributed by atoms with Crippen LogP contribution in [0.15, 0.2) is 24.3 Å². The summed E-state index contributed by atoms with van der Waals surface area (Å²) in [5, 5.41) is 9.79. The summed E-state index contributed by atoms with van der Waals surface area (Å²) in [6.45, 7) is 6.20. The Hall–Kier alpha value is -1.55. The summed E-state index contributed by atoms with van der Waals surface area (Å²) in [6.07, 6.45) is 2.26. The minimum atomic E-state index is -0.0465. The van der Waals surface area contributed by atoms with Gasteiger partial charge in [-0.1, -0.05) is 26.0 Å². The lowest BCUT2D eigenvalue weighted by atomic mass is 9.48. The number of hydrogen-bond donors (Lipinski definition) is 1. The molecule has 0 aromatic heterocycles. The van der Waals surface area contributed by atoms with Gasteiger partial charge in [0.25, 0.3) is 0 Å². The average molecular weight is 317 g/mol. The topological polar surface area (TPSA) is 49.8 Å². The first kappa shape index (κ1) is 16.3. The predicted molar refractivity (Wildman–Crippen MR) is 89.3 cm³/mol. The molecule has 0 radical (unpaired) electrons. The van der Waals surface area contributed by atoms with Gasteiger partial charge in [0.05, 0.1) is 13.7 Å². The third kappa shape index (κ3) is 2.85. The number of ether oxygens (including phenoxy) is 1. The lowest BCUT2D eigenvalue weighted by Crippen LogP contribution is -2.54. The van der Waals surface area contributed by atoms with Gasteiger partial charge in [0.15, 0.2) is 0 Å². The molecule has 2 atom stereocenters. The van der Waals surface area contributed by atoms with Crippen molar-refractivity contribution in [3.8, 4) is 5.75 Å². The first-order chi connectivity index (χ1) is 10.9. The highest BCUT2D eigenvalue weighted by Crippen LogP contribution is 2.62. The first-order valence-electron chi connectivity index (χ1n) is 8.42. The summed E-state index contributed by atoms with van der Waals surface area (Å²) in [7, 11) is 1.65. The number of methoxy groups -OCH3 is 1. The molecule has 1 amide bonds. The highest BCUT2D eigenvalue weighted by molar-refractivity contribution is 5.77. The molecule has 126 valence electrons. The largest absolute Gasteiger partial charge is 0.497 e. The molecule has 2 fully saturated rings. The molecule has 3 rings (SSSR count). The monoisotopic (exact) mass is 317 g/mol. The maximum absolute atomic E-state index is 12.6. The van der Waals surface area contributed by atoms with Crippen LogP contribution in [-0.4, -0.2) is 42.7 Å². The Kier molecular flexibility index (Phi) is 4.13. The van der Waals surface area contributed by atoms with E-state index in [1.165, 1.54) is 0 Å². The van der Waals surface area contributed by atoms with Crippen molar-refractivity contribution in [2.45, 2.75) is 33.1 Å². The Morgan fingerprint density at radius 3 is 2.83 bits per heavy atom. The number of carbonyl (C=O) groups excluding carboxylic acids is 1. The number of amides is 1. The Bertz CT molecular complexity index is 598. The molecule has 0 unspecified atom stereocenters. The van der Waals surface area contributed by atoms with Gasteiger partial charge >= 0.3 is 0 Å². The quantitative estimate of drug-likeness (QED) is 0.908. The molecule has 4 nitrogen and oxygen atoms in total. The minimum Gasteiger partial charge on any atom is -0.497 e. The van der Waals surface area contributed by atoms with Crippen molar-refractivity contribution in [3.05, 3.63) is 29.8 Å². The molecule has 1 aliphatic heterocycles. The fraction of sp³-hybridized carbons (Fsp3) is 0.632. The Balaban J connectivity index is 1.59. The number of aliphatic hydroxyl groups excluding tert-OH is 1. The van der Waals surface area contributed by atoms with E-state index in [2.05, 4.69) is 13.8 Å². The van der Waals surface area contributed by atoms with Crippen molar-refractivity contribution in [1.29, 1.82) is 0 Å². The zero-order chi connectivity index (χ0) is 16.7. The lowest BCUT2D eigenvalue weighted by Gasteiger charge is -2.55. The SMILES string of the molecule is COc1cccc(CCC(=O)N2C[C@@H]3C(C)(C)C[C@]3(CO)C2)c1. The van der Waals surface area contributed by atoms with Crippen LogP contribution in [-0.2, 0) is 11.2 Å². The molecule has 1 aromatic carbocycles. The van der Waals surface area contributed by atoms with Crippen LogP contribution >= 0.6 is 0 Å². The average Bonchev–Trinajstić information content (AvgIpc) is 2.88. The number of benzene rings is 1. The van der Waals surface area contributed by atoms with Crippen molar-refractivity contribution in [2.24, 2.45) is 16.7 Å². The minimum absolute atomic E-state index is 0.0465. The van der Waals surface area contributed by atoms with E-state index in [1.54, 1.807) is 7.11 Å². The van der Waals surface area contributed by atoms with E-state index >= 15 is 0 Å². The Morgan fingerprint density at radius 1 is 1.43 bits per heavy atom. The van der Waals surface area contributed by atoms with Crippen LogP contribution in [0.25, 0.3) is 0 Å². The summed E-state index contributed by atoms with van der Waals surface area (Å²) >= 11 is 0. The number of hydrogen-bond acceptors (Lipinski definition) is 3. The van der Waals surface area contributed by atoms with Crippen molar-refractivity contribution < 1.29 is 14.6 Å². The maximum Gasteiger partial charge on any atom is 0.222 e. The number of aliphatic hydroxyl groups is 1. The summed E-state index contributed by atoms with van der Waals surface area (Å²) in [4.78, 5) is 14.5. The molecule has 23 heavy (non-hydrogen) atoms. The van der Waals surface area contributed by atoms with E-state index in [-0.39, 0.29) is 23.3 Å². The van der Waals surface area contributed by atoms with Gasteiger partial charge in [-0.2, -0.15) is 0 Å². The third-order valence-electron chi connectivity index (χ3n) is 5.83. The van der Waals surface area contributed by atoms with E-state index in [4.69, 9.17) is 4.74 Å². The molecule has 4 heteroatoms. The van der Waals surface area contributed by atoms with E-state index < -0.39 is 0 Å². The molecule has 1 heterocycles. The Morgan fingerprint density at radius 2 is 2.22 bits per heavy atom. The van der Waals surface area contributed by atoms with Crippen molar-refractivity contribution >= 4 is 5.91 Å². The van der Waals surface area contributed by atoms with Crippen molar-refractivity contribution in [2.75, 3.05) is 26.8 Å². The fourth-order valence-electron chi connectivity index (χ4n) is 4.77. The number of likely N-dealkylation sites (tertiary alicyclic amines) is 1. The van der Waals surface area contributed by atoms with Crippen molar-refractivity contribution in [1.82, 2.24) is 4.90 Å². The summed E-state index contributed by atoms with van der Waals surface area (Å²) in [6, 6.07) is 7.88. The predicted octanol–water partition coefficient (Wildman–Crippen LogP) is 2.49. The van der Waals surface area contributed by atoms with Crippen LogP contribution in [0.4, 0.5) is 0 Å². The summed E-state index contributed by atoms with van der Waals surface area (Å²) in [5.41, 5.74) is 1.32. The van der Waals surface area contributed by atoms with Crippen LogP contribution in [0.3, 0.4) is 0 Å². The van der Waals surface area contributed by atoms with Gasteiger partial charge in [-0.05, 0) is 41.9 Å². The van der Waals surface area contributed by atoms with Crippen molar-refractivity contribution in [3.63, 3.8) is 0 Å². The van der Waals surface area contributed by atoms with E-state index in [1.807, 2.05) is 29.2 Å². The molecule has 1 saturated heterocycles. The second-order valence-corrected chi connectivity index (χ2v) is 7.86. The van der Waals surface area contributed by atoms with Gasteiger partial charge in [0.2, 0.25) is 5.91 Å². The first-order valence-corrected chi connectivity index (χ1v) is 8.42. The van der Waals surface area contributed by atoms with Gasteiger partial charge < -0.3 is 14.7 Å². The van der Waals surface area contributed by atoms with E-state index in [9.17, 15) is 9.90 Å². The molecule has 1 saturated carbocycles. The van der Waals surface area contributed by atoms with Gasteiger partial charge in [0.1, 0.15) is 5.75 Å². The highest BCUT2D eigenvalue weighted by Gasteiger charge is 2.62. The van der Waals surface area contributed by atoms with Gasteiger partial charge in [0, 0.05) is 24.9 Å². The second kappa shape index (κ2) is 5.82. The summed E-state index contributed by atoms with van der Waals surface area (Å²) in [5.74, 6) is 1.46. The smallest absolute Gasteiger partial charge is 0.222 e. The van der Waals surface area contributed by atoms with Crippen LogP contribution < -0.4 is 4.74 Å². The maximum atomic E-state index is 12.6. The number of fused-ring (bicyclic) bond motifs is 1. The molecule has 1 aromatic rings. The van der Waals surface area contributed by atoms with Crippen LogP contribution in [0, 0.1) is 16.7 Å². The number of aryl methyl sites for hydroxylation is 1. The molecule has 0 spiro atoms. The summed E-state index contributed by atoms with van der Waals surface area (Å²) < 4.78 is 5.23. The lowest BCUT2D eigenvalue weighted by molar-refractivity contribution is -0.130. The van der Waals surface area contributed by atoms with Gasteiger partial charge in [-0.25, -0.2) is 0 Å². The van der Waals surface area contributed by atoms with E-state index in [0.29, 0.717) is 18.9 Å². The fourth-order valence-corrected chi connectivity index (χ4v) is 4.77. The molecule has 1 N–H and O–H groups in total. The highest BCUT2D eigenvalue weighted by atomic mass is 16.5. The standard InChI is InChI=1S/C19H27NO3/c1-18(2)11-19(13-21)12-20(10-16(18)19)17(22)8-7-14-5-4-6-15(9-14)23-3/h4-6,9,16,21H,7-8,10-13H2,1-3H3/t16-,19-/m1/s1. The molecule has 2 aliphatic rings. The molecule has 1 aliphatic carbocycles. The number of rotatable bonds is 5. The molecular weight excluding hydrogens is 290 g/mol. The van der Waals surface area contributed by atoms with Gasteiger partial charge in [-0.3, -0.25) is 4.79 Å². The van der Waals surface area contributed by atoms with Gasteiger partial charge in [-0.15, -0.1) is 0 Å². The Labute approximate surface area is 138 Å². The third-order valence-corrected chi connectivity index (χ3v) is 5.83. The van der Waals surface area contributed by atoms with Crippen LogP contribution in [0.2, 0.25) is 0 Å². The zero-order valence-corrected chi connectivity index (χ0v) is 14.3. The molecule has 0 bridgehead atoms. The van der Waals surface area contributed by atoms with Crippen LogP contribution in [0.5, 0.6) is 5.75 Å². The number of nitrogens with zero attached hydrogens (tertiary/aromatic N) is 1.